The minimum absolute atomic E-state index is 0.0284. The molecule has 0 aliphatic carbocycles. The second-order valence-electron chi connectivity index (χ2n) is 4.99. The Balaban J connectivity index is 2.12. The highest BCUT2D eigenvalue weighted by Crippen LogP contribution is 2.22. The molecule has 19 heavy (non-hydrogen) atoms. The predicted molar refractivity (Wildman–Crippen MR) is 73.3 cm³/mol. The number of carbonyl (C=O) groups excluding carboxylic acids is 1. The molecule has 2 rings (SSSR count). The summed E-state index contributed by atoms with van der Waals surface area (Å²) in [7, 11) is 3.54. The zero-order valence-corrected chi connectivity index (χ0v) is 11.7. The van der Waals surface area contributed by atoms with Gasteiger partial charge in [0.25, 0.3) is 5.91 Å². The number of pyridine rings is 1. The van der Waals surface area contributed by atoms with Crippen LogP contribution in [0.2, 0.25) is 0 Å². The Labute approximate surface area is 114 Å². The summed E-state index contributed by atoms with van der Waals surface area (Å²) in [6, 6.07) is 2.21. The van der Waals surface area contributed by atoms with Crippen LogP contribution in [0.3, 0.4) is 0 Å². The Morgan fingerprint density at radius 1 is 1.58 bits per heavy atom. The van der Waals surface area contributed by atoms with Crippen molar-refractivity contribution in [3.8, 4) is 5.75 Å². The summed E-state index contributed by atoms with van der Waals surface area (Å²) in [5.74, 6) is 1.02. The molecule has 2 unspecified atom stereocenters. The van der Waals surface area contributed by atoms with Gasteiger partial charge in [0.2, 0.25) is 0 Å². The van der Waals surface area contributed by atoms with E-state index in [1.54, 1.807) is 25.6 Å². The Bertz CT molecular complexity index is 450. The number of hydrogen-bond donors (Lipinski definition) is 1. The van der Waals surface area contributed by atoms with Crippen LogP contribution >= 0.6 is 0 Å². The fourth-order valence-corrected chi connectivity index (χ4v) is 2.65. The maximum absolute atomic E-state index is 12.5. The molecule has 0 bridgehead atoms. The van der Waals surface area contributed by atoms with Gasteiger partial charge < -0.3 is 15.0 Å². The number of aromatic nitrogens is 1. The largest absolute Gasteiger partial charge is 0.494 e. The van der Waals surface area contributed by atoms with Gasteiger partial charge in [-0.3, -0.25) is 9.78 Å². The number of rotatable bonds is 3. The second-order valence-corrected chi connectivity index (χ2v) is 4.99. The van der Waals surface area contributed by atoms with Gasteiger partial charge in [0.15, 0.2) is 0 Å². The summed E-state index contributed by atoms with van der Waals surface area (Å²) in [6.07, 6.45) is 4.19. The highest BCUT2D eigenvalue weighted by molar-refractivity contribution is 5.96. The molecular formula is C14H21N3O2. The molecule has 0 aromatic carbocycles. The number of likely N-dealkylation sites (tertiary alicyclic amines) is 1. The molecular weight excluding hydrogens is 242 g/mol. The SMILES string of the molecule is CNC1CCN(C(=O)c2ccncc2OC)CC1C. The van der Waals surface area contributed by atoms with Gasteiger partial charge in [0.05, 0.1) is 18.9 Å². The smallest absolute Gasteiger partial charge is 0.257 e. The van der Waals surface area contributed by atoms with Crippen LogP contribution < -0.4 is 10.1 Å². The molecule has 1 saturated heterocycles. The van der Waals surface area contributed by atoms with Crippen LogP contribution in [0.5, 0.6) is 5.75 Å². The zero-order valence-electron chi connectivity index (χ0n) is 11.7. The highest BCUT2D eigenvalue weighted by Gasteiger charge is 2.29. The summed E-state index contributed by atoms with van der Waals surface area (Å²) in [4.78, 5) is 18.4. The van der Waals surface area contributed by atoms with Crippen molar-refractivity contribution < 1.29 is 9.53 Å². The molecule has 1 aromatic heterocycles. The molecule has 1 aromatic rings. The Morgan fingerprint density at radius 2 is 2.37 bits per heavy atom. The average molecular weight is 263 g/mol. The van der Waals surface area contributed by atoms with E-state index >= 15 is 0 Å². The molecule has 5 nitrogen and oxygen atoms in total. The molecule has 1 aliphatic rings. The van der Waals surface area contributed by atoms with Crippen LogP contribution in [-0.2, 0) is 0 Å². The van der Waals surface area contributed by atoms with Crippen LogP contribution in [0.1, 0.15) is 23.7 Å². The van der Waals surface area contributed by atoms with Crippen LogP contribution in [-0.4, -0.2) is 49.1 Å². The first-order valence-corrected chi connectivity index (χ1v) is 6.62. The van der Waals surface area contributed by atoms with Gasteiger partial charge in [0.1, 0.15) is 5.75 Å². The maximum atomic E-state index is 12.5. The van der Waals surface area contributed by atoms with Crippen molar-refractivity contribution in [2.75, 3.05) is 27.2 Å². The maximum Gasteiger partial charge on any atom is 0.257 e. The van der Waals surface area contributed by atoms with Gasteiger partial charge in [-0.1, -0.05) is 6.92 Å². The van der Waals surface area contributed by atoms with Crippen LogP contribution in [0.15, 0.2) is 18.5 Å². The van der Waals surface area contributed by atoms with Crippen LogP contribution in [0, 0.1) is 5.92 Å². The van der Waals surface area contributed by atoms with E-state index in [2.05, 4.69) is 17.2 Å². The van der Waals surface area contributed by atoms with Gasteiger partial charge >= 0.3 is 0 Å². The van der Waals surface area contributed by atoms with Gasteiger partial charge in [0, 0.05) is 25.3 Å². The molecule has 0 radical (unpaired) electrons. The average Bonchev–Trinajstić information content (AvgIpc) is 2.46. The van der Waals surface area contributed by atoms with E-state index in [1.807, 2.05) is 11.9 Å². The first-order valence-electron chi connectivity index (χ1n) is 6.62. The number of ether oxygens (including phenoxy) is 1. The number of nitrogens with one attached hydrogen (secondary N) is 1. The van der Waals surface area contributed by atoms with E-state index in [4.69, 9.17) is 4.74 Å². The summed E-state index contributed by atoms with van der Waals surface area (Å²) in [6.45, 7) is 3.72. The highest BCUT2D eigenvalue weighted by atomic mass is 16.5. The molecule has 5 heteroatoms. The third kappa shape index (κ3) is 2.87. The molecule has 0 saturated carbocycles. The molecule has 1 aliphatic heterocycles. The van der Waals surface area contributed by atoms with Crippen molar-refractivity contribution in [2.24, 2.45) is 5.92 Å². The molecule has 2 atom stereocenters. The monoisotopic (exact) mass is 263 g/mol. The van der Waals surface area contributed by atoms with Gasteiger partial charge in [-0.2, -0.15) is 0 Å². The molecule has 1 fully saturated rings. The number of amides is 1. The van der Waals surface area contributed by atoms with E-state index in [9.17, 15) is 4.79 Å². The summed E-state index contributed by atoms with van der Waals surface area (Å²) in [5, 5.41) is 3.30. The Hall–Kier alpha value is -1.62. The lowest BCUT2D eigenvalue weighted by atomic mass is 9.93. The number of carbonyl (C=O) groups is 1. The minimum Gasteiger partial charge on any atom is -0.494 e. The molecule has 0 spiro atoms. The first kappa shape index (κ1) is 13.8. The molecule has 2 heterocycles. The van der Waals surface area contributed by atoms with E-state index in [1.165, 1.54) is 0 Å². The lowest BCUT2D eigenvalue weighted by molar-refractivity contribution is 0.0646. The predicted octanol–water partition coefficient (Wildman–Crippen LogP) is 1.16. The summed E-state index contributed by atoms with van der Waals surface area (Å²) >= 11 is 0. The number of methoxy groups -OCH3 is 1. The normalized spacial score (nSPS) is 23.2. The fraction of sp³-hybridized carbons (Fsp3) is 0.571. The van der Waals surface area contributed by atoms with Crippen molar-refractivity contribution >= 4 is 5.91 Å². The van der Waals surface area contributed by atoms with Gasteiger partial charge in [-0.25, -0.2) is 0 Å². The molecule has 104 valence electrons. The van der Waals surface area contributed by atoms with Crippen molar-refractivity contribution in [2.45, 2.75) is 19.4 Å². The Morgan fingerprint density at radius 3 is 3.00 bits per heavy atom. The van der Waals surface area contributed by atoms with E-state index in [0.717, 1.165) is 19.5 Å². The topological polar surface area (TPSA) is 54.5 Å². The zero-order chi connectivity index (χ0) is 13.8. The van der Waals surface area contributed by atoms with Crippen molar-refractivity contribution in [1.82, 2.24) is 15.2 Å². The third-order valence-electron chi connectivity index (χ3n) is 3.80. The summed E-state index contributed by atoms with van der Waals surface area (Å²) < 4.78 is 5.20. The number of nitrogens with zero attached hydrogens (tertiary/aromatic N) is 2. The standard InChI is InChI=1S/C14H21N3O2/c1-10-9-17(7-5-12(10)15-2)14(18)11-4-6-16-8-13(11)19-3/h4,6,8,10,12,15H,5,7,9H2,1-3H3. The lowest BCUT2D eigenvalue weighted by Gasteiger charge is -2.37. The fourth-order valence-electron chi connectivity index (χ4n) is 2.65. The summed E-state index contributed by atoms with van der Waals surface area (Å²) in [5.41, 5.74) is 0.590. The number of piperidine rings is 1. The number of hydrogen-bond acceptors (Lipinski definition) is 4. The van der Waals surface area contributed by atoms with Crippen molar-refractivity contribution in [1.29, 1.82) is 0 Å². The third-order valence-corrected chi connectivity index (χ3v) is 3.80. The molecule has 1 N–H and O–H groups in total. The van der Waals surface area contributed by atoms with Crippen molar-refractivity contribution in [3.63, 3.8) is 0 Å². The van der Waals surface area contributed by atoms with Gasteiger partial charge in [-0.05, 0) is 25.5 Å². The van der Waals surface area contributed by atoms with Crippen LogP contribution in [0.25, 0.3) is 0 Å². The van der Waals surface area contributed by atoms with E-state index in [-0.39, 0.29) is 5.91 Å². The van der Waals surface area contributed by atoms with Crippen molar-refractivity contribution in [3.05, 3.63) is 24.0 Å². The van der Waals surface area contributed by atoms with E-state index < -0.39 is 0 Å². The van der Waals surface area contributed by atoms with Gasteiger partial charge in [-0.15, -0.1) is 0 Å². The second kappa shape index (κ2) is 6.02. The first-order chi connectivity index (χ1) is 9.17. The lowest BCUT2D eigenvalue weighted by Crippen LogP contribution is -2.49. The van der Waals surface area contributed by atoms with E-state index in [0.29, 0.717) is 23.3 Å². The van der Waals surface area contributed by atoms with Crippen LogP contribution in [0.4, 0.5) is 0 Å². The quantitative estimate of drug-likeness (QED) is 0.889. The Kier molecular flexibility index (Phi) is 4.37. The molecule has 1 amide bonds. The minimum atomic E-state index is 0.0284.